The molecule has 3 aliphatic rings. The summed E-state index contributed by atoms with van der Waals surface area (Å²) in [6, 6.07) is -0.635. The minimum Gasteiger partial charge on any atom is -0.465 e. The van der Waals surface area contributed by atoms with Crippen LogP contribution in [0.5, 0.6) is 0 Å². The smallest absolute Gasteiger partial charge is 0.310 e. The maximum Gasteiger partial charge on any atom is 0.310 e. The first-order valence-corrected chi connectivity index (χ1v) is 15.1. The van der Waals surface area contributed by atoms with E-state index < -0.39 is 22.6 Å². The van der Waals surface area contributed by atoms with E-state index in [1.165, 1.54) is 0 Å². The maximum absolute atomic E-state index is 14.2. The maximum atomic E-state index is 14.2. The van der Waals surface area contributed by atoms with Crippen LogP contribution in [-0.4, -0.2) is 86.4 Å². The van der Waals surface area contributed by atoms with Gasteiger partial charge in [0.1, 0.15) is 6.04 Å². The van der Waals surface area contributed by atoms with Gasteiger partial charge >= 0.3 is 5.97 Å². The molecule has 9 heteroatoms. The minimum atomic E-state index is -0.665. The number of aliphatic hydroxyl groups excluding tert-OH is 1. The van der Waals surface area contributed by atoms with E-state index in [0.717, 1.165) is 25.7 Å². The molecule has 3 rings (SSSR count). The lowest BCUT2D eigenvalue weighted by atomic mass is 9.71. The van der Waals surface area contributed by atoms with Crippen molar-refractivity contribution >= 4 is 45.5 Å². The topological polar surface area (TPSA) is 87.2 Å². The van der Waals surface area contributed by atoms with Crippen LogP contribution in [0.3, 0.4) is 0 Å². The minimum absolute atomic E-state index is 0.0258. The van der Waals surface area contributed by atoms with Crippen LogP contribution in [0.1, 0.15) is 58.3 Å². The number of esters is 1. The molecular weight excluding hydrogens is 544 g/mol. The second-order valence-corrected chi connectivity index (χ2v) is 12.7. The second-order valence-electron chi connectivity index (χ2n) is 10.0. The molecule has 3 saturated heterocycles. The number of allylic oxidation sites excluding steroid dienone is 1. The fraction of sp³-hybridized carbons (Fsp3) is 0.741. The van der Waals surface area contributed by atoms with E-state index in [0.29, 0.717) is 51.9 Å². The van der Waals surface area contributed by atoms with Crippen molar-refractivity contribution in [2.75, 3.05) is 32.8 Å². The lowest BCUT2D eigenvalue weighted by Gasteiger charge is -2.38. The lowest BCUT2D eigenvalue weighted by molar-refractivity contribution is -0.154. The van der Waals surface area contributed by atoms with E-state index >= 15 is 0 Å². The number of rotatable bonds is 16. The van der Waals surface area contributed by atoms with Gasteiger partial charge in [0, 0.05) is 36.3 Å². The number of ether oxygens (including phenoxy) is 1. The van der Waals surface area contributed by atoms with Gasteiger partial charge in [-0.3, -0.25) is 14.4 Å². The normalized spacial score (nSPS) is 30.4. The van der Waals surface area contributed by atoms with Crippen LogP contribution in [0.2, 0.25) is 0 Å². The molecule has 0 saturated carbocycles. The van der Waals surface area contributed by atoms with Crippen molar-refractivity contribution in [3.8, 4) is 0 Å². The fourth-order valence-electron chi connectivity index (χ4n) is 5.98. The molecule has 36 heavy (non-hydrogen) atoms. The Morgan fingerprint density at radius 2 is 2.03 bits per heavy atom. The molecule has 0 aromatic carbocycles. The van der Waals surface area contributed by atoms with Crippen molar-refractivity contribution in [1.82, 2.24) is 9.80 Å². The Balaban J connectivity index is 1.92. The first kappa shape index (κ1) is 29.2. The zero-order valence-corrected chi connectivity index (χ0v) is 23.8. The van der Waals surface area contributed by atoms with Gasteiger partial charge in [0.15, 0.2) is 0 Å². The van der Waals surface area contributed by atoms with Crippen LogP contribution in [0, 0.1) is 11.8 Å². The highest BCUT2D eigenvalue weighted by Gasteiger charge is 2.76. The number of hydrogen-bond acceptors (Lipinski definition) is 6. The van der Waals surface area contributed by atoms with Gasteiger partial charge in [-0.25, -0.2) is 0 Å². The van der Waals surface area contributed by atoms with E-state index in [9.17, 15) is 19.5 Å². The van der Waals surface area contributed by atoms with Crippen molar-refractivity contribution in [3.05, 3.63) is 25.3 Å². The van der Waals surface area contributed by atoms with Crippen LogP contribution < -0.4 is 0 Å². The van der Waals surface area contributed by atoms with Crippen LogP contribution >= 0.6 is 27.7 Å². The number of nitrogens with zero attached hydrogens (tertiary/aromatic N) is 2. The highest BCUT2D eigenvalue weighted by molar-refractivity contribution is 9.09. The van der Waals surface area contributed by atoms with E-state index in [2.05, 4.69) is 36.0 Å². The Kier molecular flexibility index (Phi) is 10.9. The summed E-state index contributed by atoms with van der Waals surface area (Å²) in [4.78, 5) is 44.9. The van der Waals surface area contributed by atoms with Gasteiger partial charge in [-0.2, -0.15) is 0 Å². The van der Waals surface area contributed by atoms with Crippen LogP contribution in [-0.2, 0) is 19.1 Å². The largest absolute Gasteiger partial charge is 0.465 e. The highest BCUT2D eigenvalue weighted by Crippen LogP contribution is 2.68. The number of likely N-dealkylation sites (tertiary alicyclic amines) is 1. The zero-order valence-electron chi connectivity index (χ0n) is 21.4. The molecule has 0 aromatic heterocycles. The zero-order chi connectivity index (χ0) is 26.3. The third kappa shape index (κ3) is 5.73. The molecule has 7 nitrogen and oxygen atoms in total. The molecule has 2 amide bonds. The molecule has 0 radical (unpaired) electrons. The molecular formula is C27H41BrN2O5S. The first-order valence-electron chi connectivity index (χ1n) is 13.3. The van der Waals surface area contributed by atoms with Gasteiger partial charge in [-0.15, -0.1) is 24.9 Å². The number of halogens is 1. The van der Waals surface area contributed by atoms with E-state index in [-0.39, 0.29) is 34.5 Å². The number of aliphatic hydroxyl groups is 1. The van der Waals surface area contributed by atoms with Crippen LogP contribution in [0.4, 0.5) is 0 Å². The standard InChI is InChI=1S/C27H41BrN2O5S/c1-4-7-9-14-29(13-6-3)25(33)23-27-18-19(28)22(36-27)20(26(34)35-17-12-8-5-2)21(27)24(32)30(23)15-10-11-16-31/h5-6,19-23,31H,2-4,7-18H2,1H3/t19?,20-,21+,22-,23?,27?/m1/s1. The van der Waals surface area contributed by atoms with Gasteiger partial charge in [-0.1, -0.05) is 47.8 Å². The number of unbranched alkanes of at least 4 members (excludes halogenated alkanes) is 4. The van der Waals surface area contributed by atoms with Gasteiger partial charge in [0.2, 0.25) is 11.8 Å². The summed E-state index contributed by atoms with van der Waals surface area (Å²) in [6.45, 7) is 11.5. The monoisotopic (exact) mass is 584 g/mol. The summed E-state index contributed by atoms with van der Waals surface area (Å²) in [5.41, 5.74) is 0. The summed E-state index contributed by atoms with van der Waals surface area (Å²) in [5.74, 6) is -1.66. The molecule has 202 valence electrons. The first-order chi connectivity index (χ1) is 17.4. The third-order valence-corrected chi connectivity index (χ3v) is 10.8. The van der Waals surface area contributed by atoms with Crippen LogP contribution in [0.25, 0.3) is 0 Å². The molecule has 3 fully saturated rings. The molecule has 0 aliphatic carbocycles. The number of amides is 2. The number of alkyl halides is 1. The van der Waals surface area contributed by atoms with Gasteiger partial charge in [-0.05, 0) is 38.5 Å². The quantitative estimate of drug-likeness (QED) is 0.128. The molecule has 2 bridgehead atoms. The van der Waals surface area contributed by atoms with Crippen molar-refractivity contribution in [2.24, 2.45) is 11.8 Å². The third-order valence-electron chi connectivity index (χ3n) is 7.59. The van der Waals surface area contributed by atoms with Crippen molar-refractivity contribution in [1.29, 1.82) is 0 Å². The van der Waals surface area contributed by atoms with E-state index in [1.54, 1.807) is 28.8 Å². The summed E-state index contributed by atoms with van der Waals surface area (Å²) in [5, 5.41) is 9.22. The molecule has 6 atom stereocenters. The second kappa shape index (κ2) is 13.5. The number of carbonyl (C=O) groups is 3. The SMILES string of the molecule is C=CCCCOC(=O)[C@H]1[C@@H]2SC3(CC2Br)C(C(=O)N(CC=C)CCCCC)N(CCCCO)C(=O)[C@H]13. The Bertz CT molecular complexity index is 826. The number of fused-ring (bicyclic) bond motifs is 1. The lowest BCUT2D eigenvalue weighted by Crippen LogP contribution is -2.55. The van der Waals surface area contributed by atoms with E-state index in [4.69, 9.17) is 4.74 Å². The van der Waals surface area contributed by atoms with Crippen LogP contribution in [0.15, 0.2) is 25.3 Å². The van der Waals surface area contributed by atoms with Crippen molar-refractivity contribution < 1.29 is 24.2 Å². The summed E-state index contributed by atoms with van der Waals surface area (Å²) >= 11 is 5.42. The van der Waals surface area contributed by atoms with Gasteiger partial charge < -0.3 is 19.6 Å². The van der Waals surface area contributed by atoms with Gasteiger partial charge in [0.25, 0.3) is 0 Å². The molecule has 3 aliphatic heterocycles. The summed E-state index contributed by atoms with van der Waals surface area (Å²) < 4.78 is 4.96. The predicted molar refractivity (Wildman–Crippen MR) is 147 cm³/mol. The number of hydrogen-bond donors (Lipinski definition) is 1. The predicted octanol–water partition coefficient (Wildman–Crippen LogP) is 3.94. The molecule has 1 spiro atoms. The number of carbonyl (C=O) groups excluding carboxylic acids is 3. The molecule has 3 unspecified atom stereocenters. The average molecular weight is 586 g/mol. The van der Waals surface area contributed by atoms with E-state index in [1.807, 2.05) is 4.90 Å². The van der Waals surface area contributed by atoms with Crippen molar-refractivity contribution in [2.45, 2.75) is 79.2 Å². The number of thioether (sulfide) groups is 1. The summed E-state index contributed by atoms with van der Waals surface area (Å²) in [6.07, 6.45) is 9.78. The Hall–Kier alpha value is -1.32. The average Bonchev–Trinajstić information content (AvgIpc) is 3.44. The Morgan fingerprint density at radius 3 is 2.69 bits per heavy atom. The summed E-state index contributed by atoms with van der Waals surface area (Å²) in [7, 11) is 0. The molecule has 1 N–H and O–H groups in total. The Labute approximate surface area is 228 Å². The highest BCUT2D eigenvalue weighted by atomic mass is 79.9. The molecule has 3 heterocycles. The van der Waals surface area contributed by atoms with Gasteiger partial charge in [0.05, 0.1) is 23.2 Å². The Morgan fingerprint density at radius 1 is 1.25 bits per heavy atom. The fourth-order valence-corrected chi connectivity index (χ4v) is 9.58. The van der Waals surface area contributed by atoms with Crippen molar-refractivity contribution in [3.63, 3.8) is 0 Å². The molecule has 0 aromatic rings.